The zero-order chi connectivity index (χ0) is 27.1. The molecule has 0 aromatic heterocycles. The van der Waals surface area contributed by atoms with Crippen molar-refractivity contribution in [1.82, 2.24) is 15.5 Å². The Kier molecular flexibility index (Phi) is 6.43. The van der Waals surface area contributed by atoms with Gasteiger partial charge in [0.15, 0.2) is 5.78 Å². The second-order valence-corrected chi connectivity index (χ2v) is 9.88. The van der Waals surface area contributed by atoms with E-state index in [4.69, 9.17) is 11.5 Å². The molecule has 0 spiro atoms. The van der Waals surface area contributed by atoms with Gasteiger partial charge in [0.1, 0.15) is 6.04 Å². The molecule has 0 radical (unpaired) electrons. The number of hydrogen-bond donors (Lipinski definition) is 4. The number of benzene rings is 2. The monoisotopic (exact) mass is 520 g/mol. The molecule has 196 valence electrons. The van der Waals surface area contributed by atoms with Gasteiger partial charge in [-0.1, -0.05) is 18.2 Å². The summed E-state index contributed by atoms with van der Waals surface area (Å²) in [4.78, 5) is 72.1. The zero-order valence-corrected chi connectivity index (χ0v) is 20.5. The fourth-order valence-corrected chi connectivity index (χ4v) is 5.60. The van der Waals surface area contributed by atoms with Crippen LogP contribution in [-0.4, -0.2) is 46.3 Å². The Balaban J connectivity index is 0.000000155. The molecule has 2 aromatic carbocycles. The number of piperidine rings is 2. The third kappa shape index (κ3) is 4.40. The molecular weight excluding hydrogens is 493 g/mol. The van der Waals surface area contributed by atoms with Crippen molar-refractivity contribution in [2.45, 2.75) is 44.7 Å². The summed E-state index contributed by atoms with van der Waals surface area (Å²) >= 11 is 0. The molecule has 11 nitrogen and oxygen atoms in total. The van der Waals surface area contributed by atoms with Crippen LogP contribution in [0.15, 0.2) is 36.4 Å². The van der Waals surface area contributed by atoms with Crippen LogP contribution in [0.3, 0.4) is 0 Å². The van der Waals surface area contributed by atoms with E-state index in [0.29, 0.717) is 54.7 Å². The van der Waals surface area contributed by atoms with Gasteiger partial charge in [0, 0.05) is 59.3 Å². The lowest BCUT2D eigenvalue weighted by atomic mass is 9.83. The molecule has 4 aliphatic rings. The van der Waals surface area contributed by atoms with Gasteiger partial charge in [-0.25, -0.2) is 0 Å². The van der Waals surface area contributed by atoms with Crippen molar-refractivity contribution in [3.8, 4) is 0 Å². The predicted molar refractivity (Wildman–Crippen MR) is 135 cm³/mol. The lowest BCUT2D eigenvalue weighted by Gasteiger charge is -2.29. The molecule has 6 rings (SSSR count). The van der Waals surface area contributed by atoms with Crippen LogP contribution >= 0.6 is 0 Å². The maximum absolute atomic E-state index is 12.4. The van der Waals surface area contributed by atoms with Crippen LogP contribution in [-0.2, 0) is 32.1 Å². The van der Waals surface area contributed by atoms with E-state index in [9.17, 15) is 28.8 Å². The highest BCUT2D eigenvalue weighted by atomic mass is 16.2. The molecule has 1 aliphatic carbocycles. The van der Waals surface area contributed by atoms with E-state index in [1.54, 1.807) is 36.4 Å². The lowest BCUT2D eigenvalue weighted by Crippen LogP contribution is -2.52. The first kappa shape index (κ1) is 25.1. The quantitative estimate of drug-likeness (QED) is 0.254. The molecular formula is C27H27N5O6. The molecule has 5 amide bonds. The number of amides is 5. The highest BCUT2D eigenvalue weighted by Gasteiger charge is 2.42. The molecule has 6 N–H and O–H groups in total. The van der Waals surface area contributed by atoms with E-state index in [0.717, 1.165) is 11.1 Å². The number of carbonyl (C=O) groups excluding carboxylic acids is 6. The normalized spacial score (nSPS) is 24.3. The van der Waals surface area contributed by atoms with Crippen molar-refractivity contribution in [2.75, 3.05) is 11.5 Å². The van der Waals surface area contributed by atoms with Crippen LogP contribution < -0.4 is 22.1 Å². The number of carbonyl (C=O) groups is 6. The first-order valence-electron chi connectivity index (χ1n) is 12.4. The number of nitrogens with two attached hydrogens (primary N) is 2. The maximum Gasteiger partial charge on any atom is 0.255 e. The molecule has 3 atom stereocenters. The fraction of sp³-hybridized carbons (Fsp3) is 0.333. The highest BCUT2D eigenvalue weighted by Crippen LogP contribution is 2.37. The first-order valence-corrected chi connectivity index (χ1v) is 12.4. The minimum absolute atomic E-state index is 0.0307. The Hall–Kier alpha value is -4.54. The van der Waals surface area contributed by atoms with Crippen molar-refractivity contribution in [2.24, 2.45) is 11.8 Å². The zero-order valence-electron chi connectivity index (χ0n) is 20.5. The van der Waals surface area contributed by atoms with E-state index in [2.05, 4.69) is 10.6 Å². The fourth-order valence-electron chi connectivity index (χ4n) is 5.60. The third-order valence-corrected chi connectivity index (χ3v) is 7.62. The molecule has 3 unspecified atom stereocenters. The highest BCUT2D eigenvalue weighted by molar-refractivity contribution is 6.08. The van der Waals surface area contributed by atoms with E-state index in [-0.39, 0.29) is 41.8 Å². The van der Waals surface area contributed by atoms with Gasteiger partial charge >= 0.3 is 0 Å². The van der Waals surface area contributed by atoms with Crippen LogP contribution in [0.25, 0.3) is 0 Å². The summed E-state index contributed by atoms with van der Waals surface area (Å²) in [5.74, 6) is -2.32. The maximum atomic E-state index is 12.4. The minimum atomic E-state index is -0.586. The molecule has 2 aromatic rings. The SMILES string of the molecule is [15NH2]c1cccc2c1CC(C1CCC(=O)NC1=O)C2=O.[15NH2]c1cccc2c1CN(C1CCC(=O)[15NH]C1=O)C2=O. The van der Waals surface area contributed by atoms with Gasteiger partial charge < -0.3 is 16.4 Å². The number of hydrogen-bond acceptors (Lipinski definition) is 8. The number of rotatable bonds is 2. The summed E-state index contributed by atoms with van der Waals surface area (Å²) in [5, 5.41) is 4.57. The molecule has 0 saturated carbocycles. The molecule has 2 fully saturated rings. The second-order valence-electron chi connectivity index (χ2n) is 9.88. The second kappa shape index (κ2) is 9.73. The Morgan fingerprint density at radius 1 is 0.711 bits per heavy atom. The van der Waals surface area contributed by atoms with E-state index < -0.39 is 17.9 Å². The van der Waals surface area contributed by atoms with Crippen molar-refractivity contribution < 1.29 is 28.8 Å². The summed E-state index contributed by atoms with van der Waals surface area (Å²) < 4.78 is 0. The summed E-state index contributed by atoms with van der Waals surface area (Å²) in [6.45, 7) is 0.327. The van der Waals surface area contributed by atoms with E-state index in [1.807, 2.05) is 0 Å². The number of nitrogens with one attached hydrogen (secondary N) is 2. The average molecular weight is 521 g/mol. The topological polar surface area (TPSA) is 182 Å². The number of Topliss-reactive ketones (excluding diaryl/α,β-unsaturated/α-hetero) is 1. The van der Waals surface area contributed by atoms with Crippen LogP contribution in [0, 0.1) is 11.8 Å². The number of ketones is 1. The summed E-state index contributed by atoms with van der Waals surface area (Å²) in [5.41, 5.74) is 15.6. The van der Waals surface area contributed by atoms with E-state index >= 15 is 0 Å². The Labute approximate surface area is 217 Å². The van der Waals surface area contributed by atoms with Crippen molar-refractivity contribution in [3.63, 3.8) is 0 Å². The molecule has 38 heavy (non-hydrogen) atoms. The van der Waals surface area contributed by atoms with Crippen LogP contribution in [0.4, 0.5) is 11.4 Å². The number of fused-ring (bicyclic) bond motifs is 2. The van der Waals surface area contributed by atoms with Gasteiger partial charge in [0.25, 0.3) is 5.91 Å². The van der Waals surface area contributed by atoms with Gasteiger partial charge in [-0.05, 0) is 43.0 Å². The van der Waals surface area contributed by atoms with Gasteiger partial charge in [-0.15, -0.1) is 0 Å². The largest absolute Gasteiger partial charge is 0.398 e. The summed E-state index contributed by atoms with van der Waals surface area (Å²) in [6.07, 6.45) is 1.85. The molecule has 0 bridgehead atoms. The Morgan fingerprint density at radius 3 is 1.92 bits per heavy atom. The molecule has 3 aliphatic heterocycles. The van der Waals surface area contributed by atoms with Gasteiger partial charge in [-0.3, -0.25) is 39.4 Å². The summed E-state index contributed by atoms with van der Waals surface area (Å²) in [7, 11) is 0. The Morgan fingerprint density at radius 2 is 1.32 bits per heavy atom. The number of nitrogen functional groups attached to an aromatic ring is 2. The van der Waals surface area contributed by atoms with Crippen LogP contribution in [0.5, 0.6) is 0 Å². The lowest BCUT2D eigenvalue weighted by molar-refractivity contribution is -0.138. The number of nitrogens with zero attached hydrogens (tertiary/aromatic N) is 1. The molecule has 11 heteroatoms. The van der Waals surface area contributed by atoms with E-state index in [1.165, 1.54) is 4.90 Å². The first-order chi connectivity index (χ1) is 18.2. The third-order valence-electron chi connectivity index (χ3n) is 7.62. The van der Waals surface area contributed by atoms with Gasteiger partial charge in [-0.2, -0.15) is 0 Å². The van der Waals surface area contributed by atoms with Crippen LogP contribution in [0.2, 0.25) is 0 Å². The predicted octanol–water partition coefficient (Wildman–Crippen LogP) is 0.706. The summed E-state index contributed by atoms with van der Waals surface area (Å²) in [6, 6.07) is 9.84. The average Bonchev–Trinajstić information content (AvgIpc) is 3.39. The number of anilines is 2. The van der Waals surface area contributed by atoms with Crippen molar-refractivity contribution in [1.29, 1.82) is 0 Å². The standard InChI is InChI=1S/C14H14N2O3.C13H13N3O3/c15-11-3-1-2-7-9(11)6-10(13(7)18)8-4-5-12(17)16-14(8)19;14-9-3-1-2-7-8(9)6-16(13(7)19)10-4-5-11(17)15-12(10)18/h1-3,8,10H,4-6,15H2,(H,16,17,19);1-3,10H,4-6,14H2,(H,15,17,18)/i15+1;14+1,15+1. The van der Waals surface area contributed by atoms with Crippen molar-refractivity contribution >= 4 is 46.7 Å². The minimum Gasteiger partial charge on any atom is -0.398 e. The van der Waals surface area contributed by atoms with Gasteiger partial charge in [0.2, 0.25) is 23.6 Å². The molecule has 2 saturated heterocycles. The van der Waals surface area contributed by atoms with Crippen LogP contribution in [0.1, 0.15) is 57.5 Å². The van der Waals surface area contributed by atoms with Crippen molar-refractivity contribution in [3.05, 3.63) is 58.7 Å². The smallest absolute Gasteiger partial charge is 0.255 e. The Bertz CT molecular complexity index is 1300. The van der Waals surface area contributed by atoms with Gasteiger partial charge in [0.05, 0.1) is 0 Å². The number of imide groups is 2. The molecule has 3 heterocycles.